The van der Waals surface area contributed by atoms with Gasteiger partial charge in [-0.2, -0.15) is 0 Å². The molecule has 2 aromatic rings. The number of hydrogen-bond donors (Lipinski definition) is 2. The van der Waals surface area contributed by atoms with E-state index < -0.39 is 0 Å². The smallest absolute Gasteiger partial charge is 0.0874 e. The second kappa shape index (κ2) is 5.63. The van der Waals surface area contributed by atoms with E-state index in [2.05, 4.69) is 45.2 Å². The van der Waals surface area contributed by atoms with Crippen LogP contribution in [0.4, 0.5) is 5.69 Å². The molecule has 0 radical (unpaired) electrons. The summed E-state index contributed by atoms with van der Waals surface area (Å²) in [5.41, 5.74) is 4.94. The van der Waals surface area contributed by atoms with Gasteiger partial charge in [-0.25, -0.2) is 0 Å². The highest BCUT2D eigenvalue weighted by atomic mass is 15.4. The van der Waals surface area contributed by atoms with Crippen LogP contribution in [0.3, 0.4) is 0 Å². The van der Waals surface area contributed by atoms with Gasteiger partial charge in [-0.15, -0.1) is 5.10 Å². The Hall–Kier alpha value is -1.88. The van der Waals surface area contributed by atoms with Crippen LogP contribution in [0.5, 0.6) is 0 Å². The molecule has 1 heterocycles. The van der Waals surface area contributed by atoms with Gasteiger partial charge >= 0.3 is 0 Å². The van der Waals surface area contributed by atoms with Crippen molar-refractivity contribution in [2.24, 2.45) is 7.05 Å². The maximum absolute atomic E-state index is 4.26. The highest BCUT2D eigenvalue weighted by molar-refractivity contribution is 5.50. The third-order valence-electron chi connectivity index (χ3n) is 4.06. The largest absolute Gasteiger partial charge is 0.388 e. The van der Waals surface area contributed by atoms with E-state index in [1.54, 1.807) is 0 Å². The topological polar surface area (TPSA) is 54.8 Å². The zero-order valence-electron chi connectivity index (χ0n) is 12.1. The Kier molecular flexibility index (Phi) is 3.69. The summed E-state index contributed by atoms with van der Waals surface area (Å²) >= 11 is 0. The molecule has 1 aliphatic rings. The Morgan fingerprint density at radius 2 is 2.20 bits per heavy atom. The highest BCUT2D eigenvalue weighted by Gasteiger charge is 2.22. The summed E-state index contributed by atoms with van der Waals surface area (Å²) < 4.78 is 1.90. The van der Waals surface area contributed by atoms with Crippen molar-refractivity contribution in [3.8, 4) is 0 Å². The molecule has 5 heteroatoms. The van der Waals surface area contributed by atoms with Crippen LogP contribution in [0.25, 0.3) is 0 Å². The lowest BCUT2D eigenvalue weighted by molar-refractivity contribution is 0.447. The van der Waals surface area contributed by atoms with Gasteiger partial charge < -0.3 is 10.6 Å². The number of anilines is 1. The zero-order chi connectivity index (χ0) is 13.9. The first-order chi connectivity index (χ1) is 9.78. The maximum atomic E-state index is 4.26. The molecule has 0 bridgehead atoms. The van der Waals surface area contributed by atoms with Crippen molar-refractivity contribution in [1.29, 1.82) is 0 Å². The standard InChI is InChI=1S/C15H21N5/c1-16-13-6-4-3-5-11(13)10-17-12-7-8-15-14(9-12)18-19-20(15)2/h3-6,12,16-17H,7-10H2,1-2H3. The summed E-state index contributed by atoms with van der Waals surface area (Å²) in [6, 6.07) is 8.90. The molecular weight excluding hydrogens is 250 g/mol. The summed E-state index contributed by atoms with van der Waals surface area (Å²) in [6.45, 7) is 0.886. The molecule has 106 valence electrons. The Bertz CT molecular complexity index is 590. The van der Waals surface area contributed by atoms with Crippen molar-refractivity contribution in [3.05, 3.63) is 41.2 Å². The molecular formula is C15H21N5. The van der Waals surface area contributed by atoms with Crippen molar-refractivity contribution in [1.82, 2.24) is 20.3 Å². The Morgan fingerprint density at radius 1 is 1.35 bits per heavy atom. The number of nitrogens with one attached hydrogen (secondary N) is 2. The molecule has 0 amide bonds. The SMILES string of the molecule is CNc1ccccc1CNC1CCc2c(nnn2C)C1. The van der Waals surface area contributed by atoms with Gasteiger partial charge in [0, 0.05) is 38.8 Å². The van der Waals surface area contributed by atoms with E-state index in [4.69, 9.17) is 0 Å². The van der Waals surface area contributed by atoms with Gasteiger partial charge in [0.2, 0.25) is 0 Å². The van der Waals surface area contributed by atoms with E-state index in [0.29, 0.717) is 6.04 Å². The molecule has 0 fully saturated rings. The van der Waals surface area contributed by atoms with Crippen LogP contribution in [0.1, 0.15) is 23.4 Å². The number of para-hydroxylation sites is 1. The van der Waals surface area contributed by atoms with Gasteiger partial charge in [-0.1, -0.05) is 23.4 Å². The number of aryl methyl sites for hydroxylation is 1. The normalized spacial score (nSPS) is 17.8. The first-order valence-electron chi connectivity index (χ1n) is 7.14. The van der Waals surface area contributed by atoms with Crippen LogP contribution in [0.2, 0.25) is 0 Å². The molecule has 1 aliphatic carbocycles. The Morgan fingerprint density at radius 3 is 3.05 bits per heavy atom. The fraction of sp³-hybridized carbons (Fsp3) is 0.467. The first-order valence-corrected chi connectivity index (χ1v) is 7.14. The molecule has 1 unspecified atom stereocenters. The average molecular weight is 271 g/mol. The first kappa shape index (κ1) is 13.1. The minimum Gasteiger partial charge on any atom is -0.388 e. The third-order valence-corrected chi connectivity index (χ3v) is 4.06. The molecule has 5 nitrogen and oxygen atoms in total. The van der Waals surface area contributed by atoms with Crippen LogP contribution in [0, 0.1) is 0 Å². The summed E-state index contributed by atoms with van der Waals surface area (Å²) in [5, 5.41) is 15.2. The number of nitrogens with zero attached hydrogens (tertiary/aromatic N) is 3. The molecule has 1 aromatic carbocycles. The molecule has 20 heavy (non-hydrogen) atoms. The number of fused-ring (bicyclic) bond motifs is 1. The maximum Gasteiger partial charge on any atom is 0.0874 e. The molecule has 1 atom stereocenters. The van der Waals surface area contributed by atoms with Gasteiger partial charge in [0.25, 0.3) is 0 Å². The van der Waals surface area contributed by atoms with E-state index in [0.717, 1.165) is 31.5 Å². The Labute approximate surface area is 119 Å². The van der Waals surface area contributed by atoms with Gasteiger partial charge in [-0.3, -0.25) is 4.68 Å². The summed E-state index contributed by atoms with van der Waals surface area (Å²) in [5.74, 6) is 0. The third kappa shape index (κ3) is 2.54. The average Bonchev–Trinajstić information content (AvgIpc) is 2.86. The lowest BCUT2D eigenvalue weighted by Crippen LogP contribution is -2.34. The fourth-order valence-electron chi connectivity index (χ4n) is 2.88. The zero-order valence-corrected chi connectivity index (χ0v) is 12.1. The molecule has 0 saturated heterocycles. The monoisotopic (exact) mass is 271 g/mol. The molecule has 3 rings (SSSR count). The minimum absolute atomic E-state index is 0.490. The van der Waals surface area contributed by atoms with Crippen molar-refractivity contribution in [2.75, 3.05) is 12.4 Å². The van der Waals surface area contributed by atoms with Gasteiger partial charge in [0.15, 0.2) is 0 Å². The van der Waals surface area contributed by atoms with Gasteiger partial charge in [0.05, 0.1) is 11.4 Å². The van der Waals surface area contributed by atoms with Crippen LogP contribution >= 0.6 is 0 Å². The summed E-state index contributed by atoms with van der Waals surface area (Å²) in [4.78, 5) is 0. The highest BCUT2D eigenvalue weighted by Crippen LogP contribution is 2.20. The molecule has 2 N–H and O–H groups in total. The van der Waals surface area contributed by atoms with E-state index in [1.807, 2.05) is 18.8 Å². The van der Waals surface area contributed by atoms with E-state index in [1.165, 1.54) is 16.9 Å². The van der Waals surface area contributed by atoms with E-state index in [-0.39, 0.29) is 0 Å². The van der Waals surface area contributed by atoms with Crippen molar-refractivity contribution < 1.29 is 0 Å². The number of aromatic nitrogens is 3. The van der Waals surface area contributed by atoms with Gasteiger partial charge in [-0.05, 0) is 24.5 Å². The second-order valence-electron chi connectivity index (χ2n) is 5.33. The van der Waals surface area contributed by atoms with Crippen LogP contribution < -0.4 is 10.6 Å². The lowest BCUT2D eigenvalue weighted by Gasteiger charge is -2.23. The van der Waals surface area contributed by atoms with Crippen molar-refractivity contribution in [3.63, 3.8) is 0 Å². The molecule has 0 spiro atoms. The quantitative estimate of drug-likeness (QED) is 0.885. The van der Waals surface area contributed by atoms with E-state index in [9.17, 15) is 0 Å². The predicted molar refractivity (Wildman–Crippen MR) is 79.6 cm³/mol. The number of benzene rings is 1. The van der Waals surface area contributed by atoms with Crippen LogP contribution in [-0.4, -0.2) is 28.1 Å². The number of hydrogen-bond acceptors (Lipinski definition) is 4. The summed E-state index contributed by atoms with van der Waals surface area (Å²) in [7, 11) is 3.94. The second-order valence-corrected chi connectivity index (χ2v) is 5.33. The van der Waals surface area contributed by atoms with Crippen molar-refractivity contribution in [2.45, 2.75) is 31.8 Å². The van der Waals surface area contributed by atoms with Gasteiger partial charge in [0.1, 0.15) is 0 Å². The molecule has 0 saturated carbocycles. The van der Waals surface area contributed by atoms with E-state index >= 15 is 0 Å². The number of rotatable bonds is 4. The van der Waals surface area contributed by atoms with Crippen LogP contribution in [-0.2, 0) is 26.4 Å². The molecule has 1 aromatic heterocycles. The predicted octanol–water partition coefficient (Wildman–Crippen LogP) is 1.50. The minimum atomic E-state index is 0.490. The van der Waals surface area contributed by atoms with Crippen molar-refractivity contribution >= 4 is 5.69 Å². The Balaban J connectivity index is 1.63. The van der Waals surface area contributed by atoms with Crippen LogP contribution in [0.15, 0.2) is 24.3 Å². The molecule has 0 aliphatic heterocycles. The lowest BCUT2D eigenvalue weighted by atomic mass is 9.95. The summed E-state index contributed by atoms with van der Waals surface area (Å²) in [6.07, 6.45) is 3.19. The fourth-order valence-corrected chi connectivity index (χ4v) is 2.88.